The van der Waals surface area contributed by atoms with Gasteiger partial charge < -0.3 is 10.6 Å². The minimum Gasteiger partial charge on any atom is -0.324 e. The molecule has 0 unspecified atom stereocenters. The van der Waals surface area contributed by atoms with E-state index in [9.17, 15) is 9.18 Å². The zero-order valence-electron chi connectivity index (χ0n) is 13.7. The van der Waals surface area contributed by atoms with Gasteiger partial charge in [-0.05, 0) is 35.7 Å². The molecule has 2 rings (SSSR count). The summed E-state index contributed by atoms with van der Waals surface area (Å²) >= 11 is 0. The molecule has 0 aliphatic rings. The second-order valence-electron chi connectivity index (χ2n) is 5.86. The summed E-state index contributed by atoms with van der Waals surface area (Å²) in [4.78, 5) is 12.2. The molecule has 0 saturated carbocycles. The predicted octanol–water partition coefficient (Wildman–Crippen LogP) is 3.62. The van der Waals surface area contributed by atoms with Crippen molar-refractivity contribution in [3.05, 3.63) is 65.5 Å². The van der Waals surface area contributed by atoms with Crippen molar-refractivity contribution in [3.63, 3.8) is 0 Å². The van der Waals surface area contributed by atoms with E-state index in [0.29, 0.717) is 11.3 Å². The van der Waals surface area contributed by atoms with Crippen LogP contribution in [-0.4, -0.2) is 12.5 Å². The van der Waals surface area contributed by atoms with E-state index >= 15 is 0 Å². The van der Waals surface area contributed by atoms with Crippen molar-refractivity contribution < 1.29 is 9.18 Å². The smallest absolute Gasteiger partial charge is 0.238 e. The van der Waals surface area contributed by atoms with Crippen LogP contribution in [0.5, 0.6) is 0 Å². The van der Waals surface area contributed by atoms with Crippen molar-refractivity contribution >= 4 is 11.6 Å². The molecule has 124 valence electrons. The fraction of sp³-hybridized carbons (Fsp3) is 0.263. The van der Waals surface area contributed by atoms with Gasteiger partial charge in [0.1, 0.15) is 11.9 Å². The minimum absolute atomic E-state index is 0.0671. The Kier molecular flexibility index (Phi) is 6.05. The van der Waals surface area contributed by atoms with Crippen LogP contribution >= 0.6 is 0 Å². The molecular formula is C19H20FN3O. The SMILES string of the molecule is CC(C)[C@H](NCC(=O)Nc1ccccc1C#N)c1ccc(F)cc1. The van der Waals surface area contributed by atoms with E-state index in [1.54, 1.807) is 36.4 Å². The van der Waals surface area contributed by atoms with Gasteiger partial charge in [-0.25, -0.2) is 4.39 Å². The molecule has 0 heterocycles. The molecule has 2 aromatic rings. The van der Waals surface area contributed by atoms with Crippen molar-refractivity contribution in [2.75, 3.05) is 11.9 Å². The molecule has 2 aromatic carbocycles. The number of benzene rings is 2. The maximum atomic E-state index is 13.1. The highest BCUT2D eigenvalue weighted by Crippen LogP contribution is 2.21. The van der Waals surface area contributed by atoms with Crippen LogP contribution < -0.4 is 10.6 Å². The van der Waals surface area contributed by atoms with Gasteiger partial charge in [0, 0.05) is 6.04 Å². The van der Waals surface area contributed by atoms with Crippen LogP contribution in [0.1, 0.15) is 31.0 Å². The first-order valence-electron chi connectivity index (χ1n) is 7.79. The van der Waals surface area contributed by atoms with E-state index in [0.717, 1.165) is 5.56 Å². The Morgan fingerprint density at radius 2 is 1.83 bits per heavy atom. The van der Waals surface area contributed by atoms with Crippen LogP contribution in [0.3, 0.4) is 0 Å². The van der Waals surface area contributed by atoms with E-state index in [-0.39, 0.29) is 30.2 Å². The Hall–Kier alpha value is -2.71. The monoisotopic (exact) mass is 325 g/mol. The molecular weight excluding hydrogens is 305 g/mol. The molecule has 0 saturated heterocycles. The zero-order chi connectivity index (χ0) is 17.5. The second-order valence-corrected chi connectivity index (χ2v) is 5.86. The molecule has 5 heteroatoms. The summed E-state index contributed by atoms with van der Waals surface area (Å²) in [6.45, 7) is 4.16. The van der Waals surface area contributed by atoms with Crippen LogP contribution in [0.25, 0.3) is 0 Å². The number of nitrogens with one attached hydrogen (secondary N) is 2. The van der Waals surface area contributed by atoms with E-state index in [4.69, 9.17) is 5.26 Å². The lowest BCUT2D eigenvalue weighted by molar-refractivity contribution is -0.115. The molecule has 0 radical (unpaired) electrons. The third kappa shape index (κ3) is 4.64. The lowest BCUT2D eigenvalue weighted by Crippen LogP contribution is -2.33. The molecule has 0 aliphatic heterocycles. The lowest BCUT2D eigenvalue weighted by atomic mass is 9.96. The first-order valence-corrected chi connectivity index (χ1v) is 7.79. The number of carbonyl (C=O) groups is 1. The number of hydrogen-bond donors (Lipinski definition) is 2. The third-order valence-electron chi connectivity index (χ3n) is 3.70. The molecule has 1 atom stereocenters. The number of anilines is 1. The lowest BCUT2D eigenvalue weighted by Gasteiger charge is -2.23. The Balaban J connectivity index is 2.00. The average Bonchev–Trinajstić information content (AvgIpc) is 2.57. The van der Waals surface area contributed by atoms with Gasteiger partial charge in [0.2, 0.25) is 5.91 Å². The quantitative estimate of drug-likeness (QED) is 0.852. The van der Waals surface area contributed by atoms with E-state index in [1.807, 2.05) is 19.9 Å². The summed E-state index contributed by atoms with van der Waals surface area (Å²) in [5.74, 6) is -0.285. The standard InChI is InChI=1S/C19H20FN3O/c1-13(2)19(14-7-9-16(20)10-8-14)22-12-18(24)23-17-6-4-3-5-15(17)11-21/h3-10,13,19,22H,12H2,1-2H3,(H,23,24)/t19-/m0/s1. The zero-order valence-corrected chi connectivity index (χ0v) is 13.7. The molecule has 0 aromatic heterocycles. The van der Waals surface area contributed by atoms with Gasteiger partial charge >= 0.3 is 0 Å². The summed E-state index contributed by atoms with van der Waals surface area (Å²) in [6, 6.07) is 15.1. The van der Waals surface area contributed by atoms with Crippen molar-refractivity contribution in [1.29, 1.82) is 5.26 Å². The average molecular weight is 325 g/mol. The number of carbonyl (C=O) groups excluding carboxylic acids is 1. The molecule has 4 nitrogen and oxygen atoms in total. The number of para-hydroxylation sites is 1. The van der Waals surface area contributed by atoms with E-state index in [2.05, 4.69) is 10.6 Å². The fourth-order valence-electron chi connectivity index (χ4n) is 2.50. The maximum absolute atomic E-state index is 13.1. The van der Waals surface area contributed by atoms with Crippen molar-refractivity contribution in [1.82, 2.24) is 5.32 Å². The summed E-state index contributed by atoms with van der Waals surface area (Å²) in [6.07, 6.45) is 0. The number of hydrogen-bond acceptors (Lipinski definition) is 3. The summed E-state index contributed by atoms with van der Waals surface area (Å²) < 4.78 is 13.1. The molecule has 0 spiro atoms. The second kappa shape index (κ2) is 8.23. The first-order chi connectivity index (χ1) is 11.5. The molecule has 0 aliphatic carbocycles. The molecule has 0 fully saturated rings. The van der Waals surface area contributed by atoms with Crippen molar-refractivity contribution in [3.8, 4) is 6.07 Å². The normalized spacial score (nSPS) is 11.8. The largest absolute Gasteiger partial charge is 0.324 e. The maximum Gasteiger partial charge on any atom is 0.238 e. The number of rotatable bonds is 6. The van der Waals surface area contributed by atoms with Gasteiger partial charge in [-0.1, -0.05) is 38.1 Å². The number of halogens is 1. The number of nitrogens with zero attached hydrogens (tertiary/aromatic N) is 1. The fourth-order valence-corrected chi connectivity index (χ4v) is 2.50. The van der Waals surface area contributed by atoms with Gasteiger partial charge in [0.25, 0.3) is 0 Å². The van der Waals surface area contributed by atoms with Gasteiger partial charge in [-0.15, -0.1) is 0 Å². The van der Waals surface area contributed by atoms with Crippen molar-refractivity contribution in [2.24, 2.45) is 5.92 Å². The molecule has 2 N–H and O–H groups in total. The van der Waals surface area contributed by atoms with Crippen LogP contribution in [0.2, 0.25) is 0 Å². The van der Waals surface area contributed by atoms with Gasteiger partial charge in [0.15, 0.2) is 0 Å². The first kappa shape index (κ1) is 17.6. The molecule has 24 heavy (non-hydrogen) atoms. The topological polar surface area (TPSA) is 64.9 Å². The summed E-state index contributed by atoms with van der Waals surface area (Å²) in [7, 11) is 0. The van der Waals surface area contributed by atoms with Gasteiger partial charge in [-0.2, -0.15) is 5.26 Å². The summed E-state index contributed by atoms with van der Waals surface area (Å²) in [5.41, 5.74) is 1.84. The molecule has 0 bridgehead atoms. The van der Waals surface area contributed by atoms with Crippen LogP contribution in [-0.2, 0) is 4.79 Å². The number of amides is 1. The highest BCUT2D eigenvalue weighted by Gasteiger charge is 2.17. The highest BCUT2D eigenvalue weighted by molar-refractivity contribution is 5.93. The number of nitriles is 1. The molecule has 1 amide bonds. The Morgan fingerprint density at radius 3 is 2.46 bits per heavy atom. The van der Waals surface area contributed by atoms with Crippen LogP contribution in [0.15, 0.2) is 48.5 Å². The van der Waals surface area contributed by atoms with Gasteiger partial charge in [-0.3, -0.25) is 4.79 Å². The van der Waals surface area contributed by atoms with Gasteiger partial charge in [0.05, 0.1) is 17.8 Å². The third-order valence-corrected chi connectivity index (χ3v) is 3.70. The minimum atomic E-state index is -0.285. The van der Waals surface area contributed by atoms with E-state index in [1.165, 1.54) is 12.1 Å². The van der Waals surface area contributed by atoms with Crippen LogP contribution in [0, 0.1) is 23.1 Å². The van der Waals surface area contributed by atoms with Crippen molar-refractivity contribution in [2.45, 2.75) is 19.9 Å². The predicted molar refractivity (Wildman–Crippen MR) is 91.8 cm³/mol. The van der Waals surface area contributed by atoms with Crippen LogP contribution in [0.4, 0.5) is 10.1 Å². The Morgan fingerprint density at radius 1 is 1.17 bits per heavy atom. The Bertz CT molecular complexity index is 735. The highest BCUT2D eigenvalue weighted by atomic mass is 19.1. The Labute approximate surface area is 141 Å². The summed E-state index contributed by atoms with van der Waals surface area (Å²) in [5, 5.41) is 15.0. The van der Waals surface area contributed by atoms with E-state index < -0.39 is 0 Å².